The van der Waals surface area contributed by atoms with Crippen LogP contribution in [0.25, 0.3) is 0 Å². The number of aliphatic imine (C=N–C) groups is 1. The summed E-state index contributed by atoms with van der Waals surface area (Å²) in [6, 6.07) is 10.2. The standard InChI is InChI=1S/C20H29N5O2/c1-15(2)17-13-16(27-23-17)14-22-20(21-3)25-11-9-24(10-12-25)18-7-5-6-8-19(18)26-4/h5-8,13,15H,9-12,14H2,1-4H3,(H,21,22). The summed E-state index contributed by atoms with van der Waals surface area (Å²) in [5, 5.41) is 7.49. The van der Waals surface area contributed by atoms with Gasteiger partial charge in [-0.25, -0.2) is 0 Å². The molecule has 0 saturated carbocycles. The summed E-state index contributed by atoms with van der Waals surface area (Å²) in [5.74, 6) is 2.99. The van der Waals surface area contributed by atoms with Crippen molar-refractivity contribution in [2.45, 2.75) is 26.3 Å². The predicted octanol–water partition coefficient (Wildman–Crippen LogP) is 2.70. The molecule has 2 aromatic rings. The Bertz CT molecular complexity index is 763. The number of hydrogen-bond donors (Lipinski definition) is 1. The van der Waals surface area contributed by atoms with Gasteiger partial charge in [-0.2, -0.15) is 0 Å². The average molecular weight is 371 g/mol. The minimum absolute atomic E-state index is 0.366. The van der Waals surface area contributed by atoms with Crippen LogP contribution in [-0.2, 0) is 6.54 Å². The van der Waals surface area contributed by atoms with E-state index in [4.69, 9.17) is 9.26 Å². The van der Waals surface area contributed by atoms with Gasteiger partial charge < -0.3 is 24.4 Å². The molecule has 7 nitrogen and oxygen atoms in total. The summed E-state index contributed by atoms with van der Waals surface area (Å²) in [4.78, 5) is 9.05. The van der Waals surface area contributed by atoms with Crippen LogP contribution in [0.5, 0.6) is 5.75 Å². The second-order valence-electron chi connectivity index (χ2n) is 6.92. The molecule has 1 fully saturated rings. The topological polar surface area (TPSA) is 66.1 Å². The van der Waals surface area contributed by atoms with Crippen LogP contribution in [-0.4, -0.2) is 56.4 Å². The van der Waals surface area contributed by atoms with Crippen molar-refractivity contribution in [1.29, 1.82) is 0 Å². The number of para-hydroxylation sites is 2. The second-order valence-corrected chi connectivity index (χ2v) is 6.92. The van der Waals surface area contributed by atoms with Crippen molar-refractivity contribution in [1.82, 2.24) is 15.4 Å². The third-order valence-corrected chi connectivity index (χ3v) is 4.81. The van der Waals surface area contributed by atoms with Crippen LogP contribution in [0, 0.1) is 0 Å². The Kier molecular flexibility index (Phi) is 6.21. The van der Waals surface area contributed by atoms with Gasteiger partial charge in [-0.3, -0.25) is 4.99 Å². The number of nitrogens with zero attached hydrogens (tertiary/aromatic N) is 4. The Balaban J connectivity index is 1.55. The zero-order valence-electron chi connectivity index (χ0n) is 16.6. The molecule has 1 aromatic carbocycles. The summed E-state index contributed by atoms with van der Waals surface area (Å²) in [6.45, 7) is 8.42. The van der Waals surface area contributed by atoms with Gasteiger partial charge in [-0.15, -0.1) is 0 Å². The number of piperazine rings is 1. The van der Waals surface area contributed by atoms with Gasteiger partial charge in [0, 0.05) is 39.3 Å². The molecule has 1 saturated heterocycles. The zero-order chi connectivity index (χ0) is 19.2. The van der Waals surface area contributed by atoms with E-state index in [0.717, 1.165) is 55.0 Å². The number of methoxy groups -OCH3 is 1. The molecule has 1 aliphatic heterocycles. The molecule has 1 N–H and O–H groups in total. The average Bonchev–Trinajstić information content (AvgIpc) is 3.18. The summed E-state index contributed by atoms with van der Waals surface area (Å²) in [6.07, 6.45) is 0. The van der Waals surface area contributed by atoms with Gasteiger partial charge in [0.15, 0.2) is 11.7 Å². The van der Waals surface area contributed by atoms with Crippen molar-refractivity contribution in [2.75, 3.05) is 45.2 Å². The van der Waals surface area contributed by atoms with E-state index < -0.39 is 0 Å². The van der Waals surface area contributed by atoms with Crippen molar-refractivity contribution in [3.05, 3.63) is 41.8 Å². The maximum absolute atomic E-state index is 5.49. The number of aromatic nitrogens is 1. The van der Waals surface area contributed by atoms with Gasteiger partial charge in [-0.1, -0.05) is 31.1 Å². The highest BCUT2D eigenvalue weighted by Crippen LogP contribution is 2.28. The second kappa shape index (κ2) is 8.79. The fourth-order valence-electron chi connectivity index (χ4n) is 3.23. The van der Waals surface area contributed by atoms with E-state index >= 15 is 0 Å². The number of guanidine groups is 1. The van der Waals surface area contributed by atoms with Crippen molar-refractivity contribution < 1.29 is 9.26 Å². The number of nitrogens with one attached hydrogen (secondary N) is 1. The summed E-state index contributed by atoms with van der Waals surface area (Å²) in [7, 11) is 3.53. The van der Waals surface area contributed by atoms with E-state index in [1.165, 1.54) is 0 Å². The van der Waals surface area contributed by atoms with Crippen LogP contribution < -0.4 is 15.0 Å². The lowest BCUT2D eigenvalue weighted by atomic mass is 10.1. The maximum atomic E-state index is 5.49. The number of rotatable bonds is 5. The van der Waals surface area contributed by atoms with Crippen LogP contribution in [0.2, 0.25) is 0 Å². The highest BCUT2D eigenvalue weighted by molar-refractivity contribution is 5.80. The van der Waals surface area contributed by atoms with Crippen LogP contribution in [0.3, 0.4) is 0 Å². The molecule has 0 aliphatic carbocycles. The third kappa shape index (κ3) is 4.53. The predicted molar refractivity (Wildman–Crippen MR) is 108 cm³/mol. The Labute approximate surface area is 161 Å². The van der Waals surface area contributed by atoms with Crippen molar-refractivity contribution in [3.8, 4) is 5.75 Å². The number of anilines is 1. The molecule has 2 heterocycles. The molecule has 0 atom stereocenters. The van der Waals surface area contributed by atoms with Crippen molar-refractivity contribution >= 4 is 11.6 Å². The van der Waals surface area contributed by atoms with Crippen LogP contribution in [0.15, 0.2) is 39.8 Å². The monoisotopic (exact) mass is 371 g/mol. The van der Waals surface area contributed by atoms with Gasteiger partial charge in [0.25, 0.3) is 0 Å². The quantitative estimate of drug-likeness (QED) is 0.644. The lowest BCUT2D eigenvalue weighted by Crippen LogP contribution is -2.52. The van der Waals surface area contributed by atoms with Gasteiger partial charge in [0.1, 0.15) is 5.75 Å². The third-order valence-electron chi connectivity index (χ3n) is 4.81. The number of hydrogen-bond acceptors (Lipinski definition) is 5. The fourth-order valence-corrected chi connectivity index (χ4v) is 3.23. The summed E-state index contributed by atoms with van der Waals surface area (Å²) >= 11 is 0. The minimum Gasteiger partial charge on any atom is -0.495 e. The molecule has 1 aliphatic rings. The molecule has 0 spiro atoms. The molecular weight excluding hydrogens is 342 g/mol. The van der Waals surface area contributed by atoms with Crippen LogP contribution in [0.1, 0.15) is 31.2 Å². The number of ether oxygens (including phenoxy) is 1. The van der Waals surface area contributed by atoms with E-state index in [0.29, 0.717) is 12.5 Å². The van der Waals surface area contributed by atoms with Crippen molar-refractivity contribution in [2.24, 2.45) is 4.99 Å². The zero-order valence-corrected chi connectivity index (χ0v) is 16.6. The molecule has 7 heteroatoms. The fraction of sp³-hybridized carbons (Fsp3) is 0.500. The Morgan fingerprint density at radius 1 is 1.26 bits per heavy atom. The Hall–Kier alpha value is -2.70. The van der Waals surface area contributed by atoms with Crippen LogP contribution >= 0.6 is 0 Å². The summed E-state index contributed by atoms with van der Waals surface area (Å²) in [5.41, 5.74) is 2.12. The molecule has 27 heavy (non-hydrogen) atoms. The minimum atomic E-state index is 0.366. The first kappa shape index (κ1) is 19.1. The lowest BCUT2D eigenvalue weighted by Gasteiger charge is -2.38. The molecule has 0 amide bonds. The van der Waals surface area contributed by atoms with E-state index in [1.807, 2.05) is 31.3 Å². The number of benzene rings is 1. The molecule has 0 unspecified atom stereocenters. The molecule has 146 valence electrons. The molecule has 1 aromatic heterocycles. The normalized spacial score (nSPS) is 15.4. The highest BCUT2D eigenvalue weighted by Gasteiger charge is 2.21. The first-order valence-corrected chi connectivity index (χ1v) is 9.41. The SMILES string of the molecule is CN=C(NCc1cc(C(C)C)no1)N1CCN(c2ccccc2OC)CC1. The largest absolute Gasteiger partial charge is 0.495 e. The molecule has 0 radical (unpaired) electrons. The Morgan fingerprint density at radius 3 is 2.63 bits per heavy atom. The van der Waals surface area contributed by atoms with Gasteiger partial charge >= 0.3 is 0 Å². The highest BCUT2D eigenvalue weighted by atomic mass is 16.5. The van der Waals surface area contributed by atoms with Gasteiger partial charge in [-0.05, 0) is 18.1 Å². The van der Waals surface area contributed by atoms with Gasteiger partial charge in [0.2, 0.25) is 0 Å². The van der Waals surface area contributed by atoms with Gasteiger partial charge in [0.05, 0.1) is 25.0 Å². The first-order chi connectivity index (χ1) is 13.1. The Morgan fingerprint density at radius 2 is 2.00 bits per heavy atom. The van der Waals surface area contributed by atoms with Crippen molar-refractivity contribution in [3.63, 3.8) is 0 Å². The maximum Gasteiger partial charge on any atom is 0.194 e. The summed E-state index contributed by atoms with van der Waals surface area (Å²) < 4.78 is 10.9. The molecule has 3 rings (SSSR count). The lowest BCUT2D eigenvalue weighted by molar-refractivity contribution is 0.353. The molecule has 0 bridgehead atoms. The van der Waals surface area contributed by atoms with E-state index in [-0.39, 0.29) is 0 Å². The van der Waals surface area contributed by atoms with E-state index in [9.17, 15) is 0 Å². The van der Waals surface area contributed by atoms with E-state index in [2.05, 4.69) is 45.2 Å². The van der Waals surface area contributed by atoms with E-state index in [1.54, 1.807) is 7.11 Å². The molecular formula is C20H29N5O2. The van der Waals surface area contributed by atoms with Crippen LogP contribution in [0.4, 0.5) is 5.69 Å². The smallest absolute Gasteiger partial charge is 0.194 e. The first-order valence-electron chi connectivity index (χ1n) is 9.41.